The fourth-order valence-corrected chi connectivity index (χ4v) is 4.04. The van der Waals surface area contributed by atoms with E-state index >= 15 is 0 Å². The number of phenols is 1. The van der Waals surface area contributed by atoms with Gasteiger partial charge in [0.2, 0.25) is 5.91 Å². The Morgan fingerprint density at radius 3 is 2.45 bits per heavy atom. The van der Waals surface area contributed by atoms with Crippen LogP contribution in [0.25, 0.3) is 22.4 Å². The van der Waals surface area contributed by atoms with Crippen molar-refractivity contribution in [3.63, 3.8) is 0 Å². The predicted molar refractivity (Wildman–Crippen MR) is 157 cm³/mol. The van der Waals surface area contributed by atoms with Crippen molar-refractivity contribution in [2.75, 3.05) is 24.3 Å². The SMILES string of the molecule is COc1ccc(C(=O)Nc2nc(-c3ccc(Cl)cc3O)cc(-c3cccc(NC(=O)CCN)c3)c2C#N)cc1.Cl. The van der Waals surface area contributed by atoms with Crippen LogP contribution in [0.4, 0.5) is 11.5 Å². The van der Waals surface area contributed by atoms with Gasteiger partial charge in [-0.05, 0) is 66.2 Å². The van der Waals surface area contributed by atoms with Crippen LogP contribution in [0.5, 0.6) is 11.5 Å². The van der Waals surface area contributed by atoms with Crippen LogP contribution in [0.1, 0.15) is 22.3 Å². The number of anilines is 2. The number of nitriles is 1. The molecule has 40 heavy (non-hydrogen) atoms. The number of nitrogens with zero attached hydrogens (tertiary/aromatic N) is 2. The summed E-state index contributed by atoms with van der Waals surface area (Å²) in [5, 5.41) is 26.6. The van der Waals surface area contributed by atoms with Crippen molar-refractivity contribution >= 4 is 47.3 Å². The van der Waals surface area contributed by atoms with Crippen molar-refractivity contribution in [2.24, 2.45) is 5.73 Å². The molecular formula is C29H25Cl2N5O4. The highest BCUT2D eigenvalue weighted by atomic mass is 35.5. The van der Waals surface area contributed by atoms with Gasteiger partial charge in [-0.3, -0.25) is 9.59 Å². The van der Waals surface area contributed by atoms with Crippen LogP contribution in [-0.4, -0.2) is 35.6 Å². The standard InChI is InChI=1S/C29H24ClN5O4.ClH/c1-39-21-8-5-17(6-9-21)29(38)35-28-24(16-32)23(15-25(34-28)22-10-7-19(30)14-26(22)36)18-3-2-4-20(13-18)33-27(37)11-12-31;/h2-10,13-15,36H,11-12,31H2,1H3,(H,33,37)(H,34,35,38);1H. The number of aromatic hydroxyl groups is 1. The molecule has 3 aromatic carbocycles. The van der Waals surface area contributed by atoms with Gasteiger partial charge in [-0.2, -0.15) is 5.26 Å². The molecule has 0 fully saturated rings. The number of methoxy groups -OCH3 is 1. The monoisotopic (exact) mass is 577 g/mol. The molecule has 0 bridgehead atoms. The Kier molecular flexibility index (Phi) is 10.1. The Morgan fingerprint density at radius 1 is 1.05 bits per heavy atom. The highest BCUT2D eigenvalue weighted by Crippen LogP contribution is 2.37. The zero-order valence-electron chi connectivity index (χ0n) is 21.3. The third kappa shape index (κ3) is 6.87. The van der Waals surface area contributed by atoms with E-state index in [2.05, 4.69) is 21.7 Å². The summed E-state index contributed by atoms with van der Waals surface area (Å²) < 4.78 is 5.15. The van der Waals surface area contributed by atoms with Crippen LogP contribution in [-0.2, 0) is 4.79 Å². The number of rotatable bonds is 8. The maximum atomic E-state index is 13.1. The molecule has 0 radical (unpaired) electrons. The first kappa shape index (κ1) is 29.9. The van der Waals surface area contributed by atoms with Crippen molar-refractivity contribution in [1.29, 1.82) is 5.26 Å². The molecule has 1 aromatic heterocycles. The van der Waals surface area contributed by atoms with Gasteiger partial charge in [-0.1, -0.05) is 23.7 Å². The Hall–Kier alpha value is -4.62. The molecule has 9 nitrogen and oxygen atoms in total. The van der Waals surface area contributed by atoms with Crippen LogP contribution in [0, 0.1) is 11.3 Å². The van der Waals surface area contributed by atoms with Crippen LogP contribution < -0.4 is 21.1 Å². The summed E-state index contributed by atoms with van der Waals surface area (Å²) in [5.74, 6) is -0.279. The smallest absolute Gasteiger partial charge is 0.256 e. The number of nitrogens with one attached hydrogen (secondary N) is 2. The van der Waals surface area contributed by atoms with Crippen LogP contribution in [0.2, 0.25) is 5.02 Å². The van der Waals surface area contributed by atoms with Gasteiger partial charge in [0.05, 0.1) is 12.8 Å². The number of carbonyl (C=O) groups is 2. The fourth-order valence-electron chi connectivity index (χ4n) is 3.88. The number of hydrogen-bond donors (Lipinski definition) is 4. The average molecular weight is 578 g/mol. The number of phenolic OH excluding ortho intramolecular Hbond substituents is 1. The quantitative estimate of drug-likeness (QED) is 0.212. The number of nitrogens with two attached hydrogens (primary N) is 1. The maximum absolute atomic E-state index is 13.1. The van der Waals surface area contributed by atoms with Gasteiger partial charge in [-0.15, -0.1) is 12.4 Å². The van der Waals surface area contributed by atoms with Gasteiger partial charge in [0.25, 0.3) is 5.91 Å². The molecule has 204 valence electrons. The molecule has 0 spiro atoms. The fraction of sp³-hybridized carbons (Fsp3) is 0.103. The van der Waals surface area contributed by atoms with Gasteiger partial charge >= 0.3 is 0 Å². The summed E-state index contributed by atoms with van der Waals surface area (Å²) in [6.07, 6.45) is 0.157. The van der Waals surface area contributed by atoms with Gasteiger partial charge in [0, 0.05) is 40.4 Å². The summed E-state index contributed by atoms with van der Waals surface area (Å²) in [7, 11) is 1.52. The molecule has 1 heterocycles. The minimum absolute atomic E-state index is 0. The molecule has 5 N–H and O–H groups in total. The van der Waals surface area contributed by atoms with E-state index in [-0.39, 0.29) is 48.4 Å². The first-order valence-electron chi connectivity index (χ1n) is 11.8. The van der Waals surface area contributed by atoms with Gasteiger partial charge < -0.3 is 26.2 Å². The van der Waals surface area contributed by atoms with Crippen molar-refractivity contribution < 1.29 is 19.4 Å². The predicted octanol–water partition coefficient (Wildman–Crippen LogP) is 5.62. The van der Waals surface area contributed by atoms with E-state index in [9.17, 15) is 20.0 Å². The molecule has 0 aliphatic carbocycles. The van der Waals surface area contributed by atoms with Gasteiger partial charge in [-0.25, -0.2) is 4.98 Å². The highest BCUT2D eigenvalue weighted by Gasteiger charge is 2.20. The van der Waals surface area contributed by atoms with Crippen molar-refractivity contribution in [3.05, 3.63) is 88.9 Å². The van der Waals surface area contributed by atoms with E-state index in [0.717, 1.165) is 0 Å². The summed E-state index contributed by atoms with van der Waals surface area (Å²) in [6.45, 7) is 0.208. The normalized spacial score (nSPS) is 10.2. The first-order chi connectivity index (χ1) is 18.8. The van der Waals surface area contributed by atoms with E-state index in [1.807, 2.05) is 0 Å². The second-order valence-corrected chi connectivity index (χ2v) is 8.84. The minimum atomic E-state index is -0.493. The lowest BCUT2D eigenvalue weighted by atomic mass is 9.97. The number of halogens is 2. The van der Waals surface area contributed by atoms with E-state index < -0.39 is 5.91 Å². The third-order valence-electron chi connectivity index (χ3n) is 5.78. The first-order valence-corrected chi connectivity index (χ1v) is 12.2. The molecule has 0 atom stereocenters. The Labute approximate surface area is 242 Å². The Balaban J connectivity index is 0.00000441. The highest BCUT2D eigenvalue weighted by molar-refractivity contribution is 6.30. The summed E-state index contributed by atoms with van der Waals surface area (Å²) in [6, 6.07) is 21.7. The van der Waals surface area contributed by atoms with Crippen LogP contribution in [0.3, 0.4) is 0 Å². The maximum Gasteiger partial charge on any atom is 0.256 e. The largest absolute Gasteiger partial charge is 0.507 e. The number of benzene rings is 3. The Bertz CT molecular complexity index is 1590. The second-order valence-electron chi connectivity index (χ2n) is 8.40. The topological polar surface area (TPSA) is 150 Å². The molecule has 0 aliphatic rings. The zero-order valence-corrected chi connectivity index (χ0v) is 22.8. The molecule has 4 aromatic rings. The number of carbonyl (C=O) groups excluding carboxylic acids is 2. The molecule has 0 saturated carbocycles. The molecular weight excluding hydrogens is 553 g/mol. The van der Waals surface area contributed by atoms with Crippen molar-refractivity contribution in [1.82, 2.24) is 4.98 Å². The lowest BCUT2D eigenvalue weighted by molar-refractivity contribution is -0.116. The van der Waals surface area contributed by atoms with Crippen LogP contribution in [0.15, 0.2) is 72.8 Å². The third-order valence-corrected chi connectivity index (χ3v) is 6.01. The number of ether oxygens (including phenoxy) is 1. The second kappa shape index (κ2) is 13.4. The number of aromatic nitrogens is 1. The van der Waals surface area contributed by atoms with E-state index in [1.54, 1.807) is 66.7 Å². The average Bonchev–Trinajstić information content (AvgIpc) is 2.93. The minimum Gasteiger partial charge on any atom is -0.507 e. The molecule has 2 amide bonds. The number of pyridine rings is 1. The molecule has 0 saturated heterocycles. The summed E-state index contributed by atoms with van der Waals surface area (Å²) in [5.41, 5.74) is 8.05. The van der Waals surface area contributed by atoms with Crippen molar-refractivity contribution in [2.45, 2.75) is 6.42 Å². The summed E-state index contributed by atoms with van der Waals surface area (Å²) >= 11 is 6.02. The van der Waals surface area contributed by atoms with E-state index in [1.165, 1.54) is 13.2 Å². The Morgan fingerprint density at radius 2 is 1.80 bits per heavy atom. The zero-order chi connectivity index (χ0) is 27.9. The van der Waals surface area contributed by atoms with Crippen LogP contribution >= 0.6 is 24.0 Å². The van der Waals surface area contributed by atoms with E-state index in [4.69, 9.17) is 22.1 Å². The number of amides is 2. The van der Waals surface area contributed by atoms with E-state index in [0.29, 0.717) is 44.4 Å². The summed E-state index contributed by atoms with van der Waals surface area (Å²) in [4.78, 5) is 29.7. The molecule has 0 unspecified atom stereocenters. The lowest BCUT2D eigenvalue weighted by Crippen LogP contribution is -2.16. The molecule has 0 aliphatic heterocycles. The molecule has 4 rings (SSSR count). The lowest BCUT2D eigenvalue weighted by Gasteiger charge is -2.15. The van der Waals surface area contributed by atoms with Gasteiger partial charge in [0.15, 0.2) is 5.82 Å². The van der Waals surface area contributed by atoms with Gasteiger partial charge in [0.1, 0.15) is 23.1 Å². The van der Waals surface area contributed by atoms with Crippen molar-refractivity contribution in [3.8, 4) is 40.0 Å². The number of hydrogen-bond acceptors (Lipinski definition) is 7. The molecule has 11 heteroatoms.